The summed E-state index contributed by atoms with van der Waals surface area (Å²) in [5.41, 5.74) is 8.45. The Morgan fingerprint density at radius 1 is 0.909 bits per heavy atom. The second-order valence-corrected chi connectivity index (χ2v) is 5.05. The number of pyridine rings is 1. The summed E-state index contributed by atoms with van der Waals surface area (Å²) in [5, 5.41) is 0.626. The van der Waals surface area contributed by atoms with Crippen LogP contribution in [-0.4, -0.2) is 16.8 Å². The number of carbonyl (C=O) groups excluding carboxylic acids is 2. The van der Waals surface area contributed by atoms with Crippen LogP contribution in [0.4, 0.5) is 11.4 Å². The van der Waals surface area contributed by atoms with Gasteiger partial charge in [-0.3, -0.25) is 19.5 Å². The van der Waals surface area contributed by atoms with Gasteiger partial charge in [-0.2, -0.15) is 0 Å². The van der Waals surface area contributed by atoms with E-state index in [-0.39, 0.29) is 5.91 Å². The lowest BCUT2D eigenvalue weighted by Crippen LogP contribution is -2.15. The molecule has 1 aromatic heterocycles. The molecule has 0 bridgehead atoms. The Balaban J connectivity index is 1.85. The molecule has 0 saturated carbocycles. The van der Waals surface area contributed by atoms with Gasteiger partial charge in [0.15, 0.2) is 0 Å². The number of para-hydroxylation sites is 3. The van der Waals surface area contributed by atoms with Crippen LogP contribution in [0.3, 0.4) is 0 Å². The molecule has 0 aliphatic carbocycles. The molecule has 5 nitrogen and oxygen atoms in total. The van der Waals surface area contributed by atoms with Gasteiger partial charge in [0.2, 0.25) is 0 Å². The first-order valence-electron chi connectivity index (χ1n) is 6.79. The van der Waals surface area contributed by atoms with Crippen molar-refractivity contribution in [3.8, 4) is 0 Å². The maximum Gasteiger partial charge on any atom is 0.263 e. The molecule has 4 rings (SSSR count). The van der Waals surface area contributed by atoms with Gasteiger partial charge in [0.05, 0.1) is 28.0 Å². The average molecular weight is 289 g/mol. The fraction of sp³-hybridized carbons (Fsp3) is 0. The van der Waals surface area contributed by atoms with E-state index in [2.05, 4.69) is 4.98 Å². The minimum Gasteiger partial charge on any atom is -0.366 e. The molecule has 0 radical (unpaired) electrons. The third-order valence-corrected chi connectivity index (χ3v) is 3.78. The van der Waals surface area contributed by atoms with E-state index in [0.717, 1.165) is 11.4 Å². The van der Waals surface area contributed by atoms with E-state index < -0.39 is 5.91 Å². The minimum atomic E-state index is -0.558. The van der Waals surface area contributed by atoms with Gasteiger partial charge in [0.25, 0.3) is 11.8 Å². The van der Waals surface area contributed by atoms with Crippen LogP contribution in [-0.2, 0) is 0 Å². The van der Waals surface area contributed by atoms with Crippen molar-refractivity contribution in [2.24, 2.45) is 5.73 Å². The number of benzene rings is 2. The molecule has 1 aliphatic rings. The molecule has 0 unspecified atom stereocenters. The average Bonchev–Trinajstić information content (AvgIpc) is 3.27. The summed E-state index contributed by atoms with van der Waals surface area (Å²) in [7, 11) is 0. The Morgan fingerprint density at radius 2 is 1.64 bits per heavy atom. The number of fused-ring (bicyclic) bond motifs is 2. The van der Waals surface area contributed by atoms with Gasteiger partial charge in [0, 0.05) is 11.6 Å². The van der Waals surface area contributed by atoms with Gasteiger partial charge in [-0.15, -0.1) is 0 Å². The van der Waals surface area contributed by atoms with Crippen molar-refractivity contribution in [3.63, 3.8) is 0 Å². The highest BCUT2D eigenvalue weighted by Crippen LogP contribution is 2.48. The minimum absolute atomic E-state index is 0.129. The van der Waals surface area contributed by atoms with Crippen LogP contribution in [0.15, 0.2) is 54.7 Å². The van der Waals surface area contributed by atoms with Gasteiger partial charge in [0.1, 0.15) is 0 Å². The van der Waals surface area contributed by atoms with Crippen LogP contribution in [0.2, 0.25) is 0 Å². The largest absolute Gasteiger partial charge is 0.366 e. The molecular weight excluding hydrogens is 278 g/mol. The zero-order valence-corrected chi connectivity index (χ0v) is 11.5. The number of hydrogen-bond donors (Lipinski definition) is 1. The summed E-state index contributed by atoms with van der Waals surface area (Å²) in [6, 6.07) is 14.3. The lowest BCUT2D eigenvalue weighted by Gasteiger charge is -2.08. The molecule has 0 fully saturated rings. The SMILES string of the molecule is NC(=O)c1cccc2c(C(=O)N3c4ccccc43)ccnc12. The fourth-order valence-electron chi connectivity index (χ4n) is 2.71. The number of nitrogens with two attached hydrogens (primary N) is 1. The fourth-order valence-corrected chi connectivity index (χ4v) is 2.71. The molecule has 3 aromatic rings. The van der Waals surface area contributed by atoms with E-state index in [9.17, 15) is 9.59 Å². The zero-order valence-electron chi connectivity index (χ0n) is 11.5. The number of hydrogen-bond acceptors (Lipinski definition) is 3. The number of nitrogens with zero attached hydrogens (tertiary/aromatic N) is 2. The predicted octanol–water partition coefficient (Wildman–Crippen LogP) is 2.63. The molecule has 0 atom stereocenters. The topological polar surface area (TPSA) is 76.1 Å². The Bertz CT molecular complexity index is 927. The van der Waals surface area contributed by atoms with Crippen LogP contribution < -0.4 is 10.6 Å². The third kappa shape index (κ3) is 1.69. The molecule has 22 heavy (non-hydrogen) atoms. The Hall–Kier alpha value is -3.21. The summed E-state index contributed by atoms with van der Waals surface area (Å²) in [5.74, 6) is -0.687. The van der Waals surface area contributed by atoms with E-state index in [1.165, 1.54) is 6.20 Å². The second-order valence-electron chi connectivity index (χ2n) is 5.05. The van der Waals surface area contributed by atoms with E-state index in [1.54, 1.807) is 29.2 Å². The highest BCUT2D eigenvalue weighted by atomic mass is 16.2. The van der Waals surface area contributed by atoms with E-state index in [1.807, 2.05) is 24.3 Å². The Morgan fingerprint density at radius 3 is 2.32 bits per heavy atom. The summed E-state index contributed by atoms with van der Waals surface area (Å²) >= 11 is 0. The van der Waals surface area contributed by atoms with Gasteiger partial charge in [-0.05, 0) is 24.3 Å². The van der Waals surface area contributed by atoms with Crippen LogP contribution in [0.1, 0.15) is 20.7 Å². The molecule has 0 spiro atoms. The van der Waals surface area contributed by atoms with Crippen LogP contribution in [0.25, 0.3) is 10.9 Å². The Labute approximate surface area is 126 Å². The molecule has 106 valence electrons. The quantitative estimate of drug-likeness (QED) is 0.737. The first-order chi connectivity index (χ1) is 10.7. The van der Waals surface area contributed by atoms with Crippen LogP contribution in [0.5, 0.6) is 0 Å². The summed E-state index contributed by atoms with van der Waals surface area (Å²) in [6.07, 6.45) is 1.52. The van der Waals surface area contributed by atoms with Gasteiger partial charge in [-0.1, -0.05) is 24.3 Å². The number of amides is 2. The van der Waals surface area contributed by atoms with Crippen molar-refractivity contribution >= 4 is 34.1 Å². The standard InChI is InChI=1S/C17H11N3O2/c18-16(21)12-5-3-4-10-11(8-9-19-15(10)12)17(22)20-13-6-1-2-7-14(13)20/h1-9H,(H2,18,21). The summed E-state index contributed by atoms with van der Waals surface area (Å²) < 4.78 is 0. The first-order valence-corrected chi connectivity index (χ1v) is 6.79. The van der Waals surface area contributed by atoms with Crippen molar-refractivity contribution in [2.75, 3.05) is 4.90 Å². The van der Waals surface area contributed by atoms with Crippen molar-refractivity contribution < 1.29 is 9.59 Å². The number of carbonyl (C=O) groups is 2. The summed E-state index contributed by atoms with van der Waals surface area (Å²) in [6.45, 7) is 0. The first kappa shape index (κ1) is 12.5. The third-order valence-electron chi connectivity index (χ3n) is 3.78. The molecule has 2 N–H and O–H groups in total. The second kappa shape index (κ2) is 4.39. The lowest BCUT2D eigenvalue weighted by atomic mass is 10.0. The highest BCUT2D eigenvalue weighted by Gasteiger charge is 2.35. The zero-order chi connectivity index (χ0) is 15.3. The normalized spacial score (nSPS) is 12.1. The molecule has 2 amide bonds. The molecule has 5 heteroatoms. The number of primary amides is 1. The van der Waals surface area contributed by atoms with Gasteiger partial charge >= 0.3 is 0 Å². The Kier molecular flexibility index (Phi) is 2.50. The molecule has 2 aromatic carbocycles. The maximum absolute atomic E-state index is 12.7. The predicted molar refractivity (Wildman–Crippen MR) is 83.2 cm³/mol. The number of rotatable bonds is 2. The van der Waals surface area contributed by atoms with E-state index in [4.69, 9.17) is 5.73 Å². The van der Waals surface area contributed by atoms with E-state index >= 15 is 0 Å². The number of anilines is 2. The van der Waals surface area contributed by atoms with Crippen LogP contribution >= 0.6 is 0 Å². The van der Waals surface area contributed by atoms with Gasteiger partial charge < -0.3 is 5.73 Å². The van der Waals surface area contributed by atoms with Crippen molar-refractivity contribution in [3.05, 3.63) is 65.9 Å². The molecular formula is C17H11N3O2. The maximum atomic E-state index is 12.7. The van der Waals surface area contributed by atoms with Crippen molar-refractivity contribution in [1.82, 2.24) is 4.98 Å². The van der Waals surface area contributed by atoms with Gasteiger partial charge in [-0.25, -0.2) is 0 Å². The monoisotopic (exact) mass is 289 g/mol. The molecule has 1 aliphatic heterocycles. The van der Waals surface area contributed by atoms with Crippen molar-refractivity contribution in [2.45, 2.75) is 0 Å². The number of aromatic nitrogens is 1. The molecule has 2 heterocycles. The smallest absolute Gasteiger partial charge is 0.263 e. The summed E-state index contributed by atoms with van der Waals surface area (Å²) in [4.78, 5) is 30.1. The highest BCUT2D eigenvalue weighted by molar-refractivity contribution is 6.25. The molecule has 0 saturated heterocycles. The van der Waals surface area contributed by atoms with E-state index in [0.29, 0.717) is 22.0 Å². The van der Waals surface area contributed by atoms with Crippen LogP contribution in [0, 0.1) is 0 Å². The van der Waals surface area contributed by atoms with Crippen molar-refractivity contribution in [1.29, 1.82) is 0 Å². The lowest BCUT2D eigenvalue weighted by molar-refractivity contribution is 0.0994.